The maximum absolute atomic E-state index is 16.2. The van der Waals surface area contributed by atoms with Crippen LogP contribution in [0.5, 0.6) is 11.8 Å². The van der Waals surface area contributed by atoms with Gasteiger partial charge in [0.25, 0.3) is 0 Å². The summed E-state index contributed by atoms with van der Waals surface area (Å²) in [7, 11) is 1.64. The molecule has 2 aromatic carbocycles. The zero-order chi connectivity index (χ0) is 24.6. The number of ether oxygens (including phenoxy) is 2. The molecule has 36 heavy (non-hydrogen) atoms. The zero-order valence-electron chi connectivity index (χ0n) is 20.1. The fourth-order valence-corrected chi connectivity index (χ4v) is 5.34. The second kappa shape index (κ2) is 9.48. The summed E-state index contributed by atoms with van der Waals surface area (Å²) < 4.78 is 27.1. The molecule has 2 aliphatic rings. The third-order valence-corrected chi connectivity index (χ3v) is 6.99. The predicted octanol–water partition coefficient (Wildman–Crippen LogP) is 4.05. The molecule has 0 saturated carbocycles. The Morgan fingerprint density at radius 1 is 1.08 bits per heavy atom. The van der Waals surface area contributed by atoms with Gasteiger partial charge < -0.3 is 24.8 Å². The second-order valence-corrected chi connectivity index (χ2v) is 9.46. The third-order valence-electron chi connectivity index (χ3n) is 6.99. The number of fused-ring (bicyclic) bond motifs is 4. The van der Waals surface area contributed by atoms with Crippen LogP contribution >= 0.6 is 0 Å². The first kappa shape index (κ1) is 22.9. The Kier molecular flexibility index (Phi) is 6.02. The first-order valence-corrected chi connectivity index (χ1v) is 12.3. The number of anilines is 1. The van der Waals surface area contributed by atoms with Crippen molar-refractivity contribution in [3.63, 3.8) is 0 Å². The van der Waals surface area contributed by atoms with E-state index in [1.807, 2.05) is 24.3 Å². The zero-order valence-corrected chi connectivity index (χ0v) is 20.1. The fourth-order valence-electron chi connectivity index (χ4n) is 5.34. The molecule has 2 N–H and O–H groups in total. The highest BCUT2D eigenvalue weighted by atomic mass is 19.1. The van der Waals surface area contributed by atoms with E-state index in [0.29, 0.717) is 48.5 Å². The maximum atomic E-state index is 16.2. The van der Waals surface area contributed by atoms with Crippen molar-refractivity contribution in [3.8, 4) is 23.0 Å². The summed E-state index contributed by atoms with van der Waals surface area (Å²) in [5.74, 6) is 0.123. The Hall–Kier alpha value is -3.56. The smallest absolute Gasteiger partial charge is 0.319 e. The van der Waals surface area contributed by atoms with Crippen molar-refractivity contribution in [2.24, 2.45) is 0 Å². The standard InChI is InChI=1S/C27H28FN5O3/c1-35-9-4-10-36-27-31-25-22(26(32-27)33-14-17-7-8-18(15-33)30-17)13-29-24(23(25)28)21-12-19(34)11-16-5-2-3-6-20(16)21/h2-3,5-6,11-13,17-18,30,34H,4,7-10,14-15H2,1H3/t17-,18+. The van der Waals surface area contributed by atoms with Gasteiger partial charge in [-0.1, -0.05) is 24.3 Å². The van der Waals surface area contributed by atoms with E-state index in [-0.39, 0.29) is 23.0 Å². The van der Waals surface area contributed by atoms with Crippen LogP contribution in [0.2, 0.25) is 0 Å². The van der Waals surface area contributed by atoms with Gasteiger partial charge in [-0.3, -0.25) is 4.98 Å². The highest BCUT2D eigenvalue weighted by molar-refractivity contribution is 5.99. The molecular weight excluding hydrogens is 461 g/mol. The monoisotopic (exact) mass is 489 g/mol. The number of nitrogens with zero attached hydrogens (tertiary/aromatic N) is 4. The van der Waals surface area contributed by atoms with Gasteiger partial charge in [-0.15, -0.1) is 0 Å². The van der Waals surface area contributed by atoms with E-state index in [9.17, 15) is 5.11 Å². The molecule has 2 bridgehead atoms. The van der Waals surface area contributed by atoms with Crippen LogP contribution in [0, 0.1) is 5.82 Å². The number of nitrogens with one attached hydrogen (secondary N) is 1. The van der Waals surface area contributed by atoms with Crippen LogP contribution < -0.4 is 15.0 Å². The highest BCUT2D eigenvalue weighted by Gasteiger charge is 2.34. The number of aromatic nitrogens is 3. The van der Waals surface area contributed by atoms with E-state index in [0.717, 1.165) is 36.7 Å². The number of methoxy groups -OCH3 is 1. The Labute approximate surface area is 208 Å². The summed E-state index contributed by atoms with van der Waals surface area (Å²) in [6, 6.07) is 11.6. The lowest BCUT2D eigenvalue weighted by Gasteiger charge is -2.34. The lowest BCUT2D eigenvalue weighted by molar-refractivity contribution is 0.169. The molecule has 2 atom stereocenters. The van der Waals surface area contributed by atoms with Gasteiger partial charge >= 0.3 is 6.01 Å². The molecule has 0 radical (unpaired) electrons. The number of rotatable bonds is 7. The topological polar surface area (TPSA) is 92.6 Å². The van der Waals surface area contributed by atoms with E-state index < -0.39 is 5.82 Å². The number of phenols is 1. The van der Waals surface area contributed by atoms with Crippen molar-refractivity contribution in [1.82, 2.24) is 20.3 Å². The third kappa shape index (κ3) is 4.18. The van der Waals surface area contributed by atoms with E-state index in [4.69, 9.17) is 14.5 Å². The number of phenolic OH excluding ortho intramolecular Hbond substituents is 1. The quantitative estimate of drug-likeness (QED) is 0.376. The van der Waals surface area contributed by atoms with Gasteiger partial charge in [-0.2, -0.15) is 9.97 Å². The Morgan fingerprint density at radius 2 is 1.89 bits per heavy atom. The lowest BCUT2D eigenvalue weighted by Crippen LogP contribution is -2.51. The molecule has 186 valence electrons. The molecule has 0 spiro atoms. The Balaban J connectivity index is 1.49. The van der Waals surface area contributed by atoms with Gasteiger partial charge in [0.1, 0.15) is 22.8 Å². The minimum atomic E-state index is -0.563. The minimum Gasteiger partial charge on any atom is -0.508 e. The molecule has 0 amide bonds. The van der Waals surface area contributed by atoms with Crippen molar-refractivity contribution < 1.29 is 19.0 Å². The molecule has 0 aliphatic carbocycles. The summed E-state index contributed by atoms with van der Waals surface area (Å²) in [6.07, 6.45) is 4.54. The number of aromatic hydroxyl groups is 1. The Morgan fingerprint density at radius 3 is 2.69 bits per heavy atom. The number of pyridine rings is 1. The summed E-state index contributed by atoms with van der Waals surface area (Å²) >= 11 is 0. The van der Waals surface area contributed by atoms with Gasteiger partial charge in [0.05, 0.1) is 12.0 Å². The summed E-state index contributed by atoms with van der Waals surface area (Å²) in [5.41, 5.74) is 0.794. The molecule has 2 aliphatic heterocycles. The molecule has 2 aromatic heterocycles. The van der Waals surface area contributed by atoms with Crippen LogP contribution in [-0.2, 0) is 4.74 Å². The normalized spacial score (nSPS) is 19.3. The van der Waals surface area contributed by atoms with Crippen LogP contribution in [0.3, 0.4) is 0 Å². The highest BCUT2D eigenvalue weighted by Crippen LogP contribution is 2.37. The number of benzene rings is 2. The Bertz CT molecular complexity index is 1420. The van der Waals surface area contributed by atoms with Gasteiger partial charge in [-0.25, -0.2) is 4.39 Å². The van der Waals surface area contributed by atoms with Gasteiger partial charge in [0, 0.05) is 57.1 Å². The van der Waals surface area contributed by atoms with Crippen molar-refractivity contribution in [2.75, 3.05) is 38.3 Å². The van der Waals surface area contributed by atoms with Crippen LogP contribution in [0.25, 0.3) is 32.9 Å². The van der Waals surface area contributed by atoms with Gasteiger partial charge in [0.2, 0.25) is 0 Å². The van der Waals surface area contributed by atoms with E-state index in [2.05, 4.69) is 20.2 Å². The minimum absolute atomic E-state index is 0.0480. The molecule has 4 aromatic rings. The van der Waals surface area contributed by atoms with Gasteiger partial charge in [0.15, 0.2) is 5.82 Å². The van der Waals surface area contributed by atoms with E-state index in [1.54, 1.807) is 19.4 Å². The molecule has 2 saturated heterocycles. The maximum Gasteiger partial charge on any atom is 0.319 e. The number of piperazine rings is 1. The molecule has 4 heterocycles. The molecule has 2 fully saturated rings. The first-order valence-electron chi connectivity index (χ1n) is 12.3. The van der Waals surface area contributed by atoms with Crippen molar-refractivity contribution in [1.29, 1.82) is 0 Å². The molecular formula is C27H28FN5O3. The van der Waals surface area contributed by atoms with E-state index >= 15 is 4.39 Å². The molecule has 6 rings (SSSR count). The first-order chi connectivity index (χ1) is 17.6. The average molecular weight is 490 g/mol. The lowest BCUT2D eigenvalue weighted by atomic mass is 10.0. The second-order valence-electron chi connectivity index (χ2n) is 9.46. The summed E-state index contributed by atoms with van der Waals surface area (Å²) in [5, 5.41) is 16.1. The van der Waals surface area contributed by atoms with E-state index in [1.165, 1.54) is 6.07 Å². The predicted molar refractivity (Wildman–Crippen MR) is 136 cm³/mol. The summed E-state index contributed by atoms with van der Waals surface area (Å²) in [6.45, 7) is 2.48. The number of halogens is 1. The molecule has 0 unspecified atom stereocenters. The average Bonchev–Trinajstić information content (AvgIpc) is 3.23. The van der Waals surface area contributed by atoms with Crippen LogP contribution in [0.1, 0.15) is 19.3 Å². The van der Waals surface area contributed by atoms with Crippen LogP contribution in [-0.4, -0.2) is 65.6 Å². The molecule has 9 heteroatoms. The van der Waals surface area contributed by atoms with Gasteiger partial charge in [-0.05, 0) is 35.7 Å². The van der Waals surface area contributed by atoms with Crippen molar-refractivity contribution >= 4 is 27.5 Å². The van der Waals surface area contributed by atoms with Crippen molar-refractivity contribution in [2.45, 2.75) is 31.3 Å². The fraction of sp³-hybridized carbons (Fsp3) is 0.370. The summed E-state index contributed by atoms with van der Waals surface area (Å²) in [4.78, 5) is 15.9. The molecule has 8 nitrogen and oxygen atoms in total. The number of hydrogen-bond acceptors (Lipinski definition) is 8. The number of hydrogen-bond donors (Lipinski definition) is 2. The van der Waals surface area contributed by atoms with Crippen LogP contribution in [0.15, 0.2) is 42.6 Å². The van der Waals surface area contributed by atoms with Crippen LogP contribution in [0.4, 0.5) is 10.2 Å². The largest absolute Gasteiger partial charge is 0.508 e. The van der Waals surface area contributed by atoms with Crippen molar-refractivity contribution in [3.05, 3.63) is 48.4 Å². The SMILES string of the molecule is COCCCOc1nc(N2C[C@H]3CC[C@@H](C2)N3)c2cnc(-c3cc(O)cc4ccccc34)c(F)c2n1.